The summed E-state index contributed by atoms with van der Waals surface area (Å²) < 4.78 is 11.8. The van der Waals surface area contributed by atoms with Gasteiger partial charge in [0.15, 0.2) is 5.96 Å². The van der Waals surface area contributed by atoms with Gasteiger partial charge in [-0.15, -0.1) is 0 Å². The van der Waals surface area contributed by atoms with E-state index in [0.717, 1.165) is 19.0 Å². The van der Waals surface area contributed by atoms with Crippen molar-refractivity contribution in [3.05, 3.63) is 0 Å². The van der Waals surface area contributed by atoms with Gasteiger partial charge in [-0.05, 0) is 46.3 Å². The van der Waals surface area contributed by atoms with E-state index in [4.69, 9.17) is 0 Å². The molecule has 1 rings (SSSR count). The molecule has 2 atom stereocenters. The Balaban J connectivity index is 2.34. The molecule has 1 fully saturated rings. The first kappa shape index (κ1) is 17.8. The van der Waals surface area contributed by atoms with E-state index in [1.807, 2.05) is 32.5 Å². The fourth-order valence-electron chi connectivity index (χ4n) is 1.89. The number of rotatable bonds is 6. The smallest absolute Gasteiger partial charge is 0.191 e. The SMILES string of the molecule is CCNC(=NCC1CCCS1)NCCS(=O)C(C)(C)C. The largest absolute Gasteiger partial charge is 0.357 e. The molecule has 0 bridgehead atoms. The molecule has 0 aromatic rings. The monoisotopic (exact) mass is 319 g/mol. The highest BCUT2D eigenvalue weighted by Gasteiger charge is 2.19. The van der Waals surface area contributed by atoms with E-state index in [-0.39, 0.29) is 4.75 Å². The summed E-state index contributed by atoms with van der Waals surface area (Å²) in [6.45, 7) is 10.5. The average Bonchev–Trinajstić information content (AvgIpc) is 2.87. The Kier molecular flexibility index (Phi) is 7.95. The lowest BCUT2D eigenvalue weighted by Crippen LogP contribution is -2.40. The fraction of sp³-hybridized carbons (Fsp3) is 0.929. The van der Waals surface area contributed by atoms with Gasteiger partial charge >= 0.3 is 0 Å². The molecule has 1 heterocycles. The first-order valence-corrected chi connectivity index (χ1v) is 9.82. The summed E-state index contributed by atoms with van der Waals surface area (Å²) in [6.07, 6.45) is 2.60. The van der Waals surface area contributed by atoms with Gasteiger partial charge in [0.1, 0.15) is 0 Å². The van der Waals surface area contributed by atoms with Crippen molar-refractivity contribution in [3.63, 3.8) is 0 Å². The molecule has 118 valence electrons. The maximum absolute atomic E-state index is 12.0. The van der Waals surface area contributed by atoms with Gasteiger partial charge in [-0.3, -0.25) is 9.20 Å². The Morgan fingerprint density at radius 1 is 1.40 bits per heavy atom. The minimum Gasteiger partial charge on any atom is -0.357 e. The predicted molar refractivity (Wildman–Crippen MR) is 92.2 cm³/mol. The minimum atomic E-state index is -0.813. The molecule has 4 nitrogen and oxygen atoms in total. The summed E-state index contributed by atoms with van der Waals surface area (Å²) in [7, 11) is -0.813. The van der Waals surface area contributed by atoms with Crippen molar-refractivity contribution in [1.82, 2.24) is 10.6 Å². The van der Waals surface area contributed by atoms with Gasteiger partial charge < -0.3 is 10.6 Å². The number of guanidine groups is 1. The number of hydrogen-bond donors (Lipinski definition) is 2. The zero-order valence-electron chi connectivity index (χ0n) is 13.2. The van der Waals surface area contributed by atoms with Crippen molar-refractivity contribution < 1.29 is 4.21 Å². The highest BCUT2D eigenvalue weighted by atomic mass is 32.2. The third-order valence-corrected chi connectivity index (χ3v) is 6.41. The number of hydrogen-bond acceptors (Lipinski definition) is 3. The van der Waals surface area contributed by atoms with E-state index in [0.29, 0.717) is 17.5 Å². The summed E-state index contributed by atoms with van der Waals surface area (Å²) in [4.78, 5) is 4.63. The quantitative estimate of drug-likeness (QED) is 0.581. The fourth-order valence-corrected chi connectivity index (χ4v) is 3.97. The molecule has 1 saturated heterocycles. The molecule has 0 aromatic heterocycles. The van der Waals surface area contributed by atoms with Crippen LogP contribution in [0.3, 0.4) is 0 Å². The first-order valence-electron chi connectivity index (χ1n) is 7.45. The summed E-state index contributed by atoms with van der Waals surface area (Å²) in [5.74, 6) is 2.78. The molecule has 0 spiro atoms. The van der Waals surface area contributed by atoms with Crippen LogP contribution in [0, 0.1) is 0 Å². The van der Waals surface area contributed by atoms with Crippen LogP contribution >= 0.6 is 11.8 Å². The Bertz CT molecular complexity index is 334. The van der Waals surface area contributed by atoms with Crippen LogP contribution in [0.1, 0.15) is 40.5 Å². The van der Waals surface area contributed by atoms with Crippen molar-refractivity contribution in [2.75, 3.05) is 31.1 Å². The lowest BCUT2D eigenvalue weighted by atomic mass is 10.2. The molecule has 0 aromatic carbocycles. The van der Waals surface area contributed by atoms with Crippen molar-refractivity contribution in [1.29, 1.82) is 0 Å². The van der Waals surface area contributed by atoms with E-state index in [9.17, 15) is 4.21 Å². The minimum absolute atomic E-state index is 0.141. The topological polar surface area (TPSA) is 53.5 Å². The highest BCUT2D eigenvalue weighted by Crippen LogP contribution is 2.25. The van der Waals surface area contributed by atoms with E-state index >= 15 is 0 Å². The number of thioether (sulfide) groups is 1. The Hall–Kier alpha value is -0.230. The van der Waals surface area contributed by atoms with Crippen LogP contribution in [0.5, 0.6) is 0 Å². The van der Waals surface area contributed by atoms with Crippen LogP contribution in [0.15, 0.2) is 4.99 Å². The standard InChI is InChI=1S/C14H29N3OS2/c1-5-15-13(17-11-12-7-6-9-19-12)16-8-10-20(18)14(2,3)4/h12H,5-11H2,1-4H3,(H2,15,16,17). The van der Waals surface area contributed by atoms with Crippen LogP contribution < -0.4 is 10.6 Å². The normalized spacial score (nSPS) is 21.8. The van der Waals surface area contributed by atoms with Gasteiger partial charge in [0.2, 0.25) is 0 Å². The maximum Gasteiger partial charge on any atom is 0.191 e. The molecule has 0 aliphatic carbocycles. The van der Waals surface area contributed by atoms with E-state index in [1.165, 1.54) is 18.6 Å². The second-order valence-electron chi connectivity index (χ2n) is 5.94. The van der Waals surface area contributed by atoms with Gasteiger partial charge in [-0.2, -0.15) is 11.8 Å². The molecule has 0 saturated carbocycles. The number of nitrogens with one attached hydrogen (secondary N) is 2. The van der Waals surface area contributed by atoms with Crippen LogP contribution in [-0.2, 0) is 10.8 Å². The summed E-state index contributed by atoms with van der Waals surface area (Å²) in [6, 6.07) is 0. The molecule has 0 amide bonds. The lowest BCUT2D eigenvalue weighted by Gasteiger charge is -2.18. The second kappa shape index (κ2) is 8.93. The molecule has 2 unspecified atom stereocenters. The van der Waals surface area contributed by atoms with Crippen LogP contribution in [0.2, 0.25) is 0 Å². The average molecular weight is 320 g/mol. The maximum atomic E-state index is 12.0. The third-order valence-electron chi connectivity index (χ3n) is 3.08. The molecule has 20 heavy (non-hydrogen) atoms. The number of nitrogens with zero attached hydrogens (tertiary/aromatic N) is 1. The van der Waals surface area contributed by atoms with Gasteiger partial charge in [0.25, 0.3) is 0 Å². The van der Waals surface area contributed by atoms with E-state index in [1.54, 1.807) is 0 Å². The van der Waals surface area contributed by atoms with E-state index in [2.05, 4.69) is 22.5 Å². The van der Waals surface area contributed by atoms with Gasteiger partial charge in [0.05, 0.1) is 6.54 Å². The van der Waals surface area contributed by atoms with Crippen molar-refractivity contribution >= 4 is 28.5 Å². The van der Waals surface area contributed by atoms with Crippen LogP contribution in [0.4, 0.5) is 0 Å². The zero-order chi connectivity index (χ0) is 15.0. The Morgan fingerprint density at radius 2 is 2.15 bits per heavy atom. The van der Waals surface area contributed by atoms with E-state index < -0.39 is 10.8 Å². The predicted octanol–water partition coefficient (Wildman–Crippen LogP) is 1.98. The Labute approximate surface area is 130 Å². The molecule has 2 N–H and O–H groups in total. The van der Waals surface area contributed by atoms with Crippen molar-refractivity contribution in [2.45, 2.75) is 50.5 Å². The van der Waals surface area contributed by atoms with Gasteiger partial charge in [0, 0.05) is 39.6 Å². The van der Waals surface area contributed by atoms with Crippen LogP contribution in [-0.4, -0.2) is 51.3 Å². The number of aliphatic imine (C=N–C) groups is 1. The zero-order valence-corrected chi connectivity index (χ0v) is 14.8. The summed E-state index contributed by atoms with van der Waals surface area (Å²) >= 11 is 2.02. The molecule has 6 heteroatoms. The summed E-state index contributed by atoms with van der Waals surface area (Å²) in [5.41, 5.74) is 0. The highest BCUT2D eigenvalue weighted by molar-refractivity contribution is 8.00. The molecular formula is C14H29N3OS2. The Morgan fingerprint density at radius 3 is 2.70 bits per heavy atom. The van der Waals surface area contributed by atoms with Gasteiger partial charge in [-0.25, -0.2) is 0 Å². The molecular weight excluding hydrogens is 290 g/mol. The summed E-state index contributed by atoms with van der Waals surface area (Å²) in [5, 5.41) is 7.21. The van der Waals surface area contributed by atoms with Crippen molar-refractivity contribution in [2.24, 2.45) is 4.99 Å². The van der Waals surface area contributed by atoms with Gasteiger partial charge in [-0.1, -0.05) is 0 Å². The molecule has 1 aliphatic heterocycles. The second-order valence-corrected chi connectivity index (χ2v) is 9.68. The first-order chi connectivity index (χ1) is 9.43. The van der Waals surface area contributed by atoms with Crippen LogP contribution in [0.25, 0.3) is 0 Å². The molecule has 1 aliphatic rings. The third kappa shape index (κ3) is 6.97. The molecule has 0 radical (unpaired) electrons. The lowest BCUT2D eigenvalue weighted by molar-refractivity contribution is 0.647. The van der Waals surface area contributed by atoms with Crippen molar-refractivity contribution in [3.8, 4) is 0 Å².